The summed E-state index contributed by atoms with van der Waals surface area (Å²) >= 11 is 0. The predicted molar refractivity (Wildman–Crippen MR) is 69.5 cm³/mol. The van der Waals surface area contributed by atoms with Crippen LogP contribution in [0.5, 0.6) is 0 Å². The van der Waals surface area contributed by atoms with Gasteiger partial charge in [-0.15, -0.1) is 0 Å². The minimum absolute atomic E-state index is 0.0692. The number of hydrogen-bond acceptors (Lipinski definition) is 1. The maximum Gasteiger partial charge on any atom is 0.419 e. The Balaban J connectivity index is 0.00000154. The second-order valence-corrected chi connectivity index (χ2v) is 4.01. The van der Waals surface area contributed by atoms with Crippen LogP contribution in [0.4, 0.5) is 17.6 Å². The zero-order chi connectivity index (χ0) is 15.1. The van der Waals surface area contributed by atoms with Gasteiger partial charge in [-0.1, -0.05) is 19.9 Å². The van der Waals surface area contributed by atoms with Crippen molar-refractivity contribution in [3.05, 3.63) is 34.6 Å². The van der Waals surface area contributed by atoms with E-state index in [-0.39, 0.29) is 5.56 Å². The maximum atomic E-state index is 13.4. The first-order valence-electron chi connectivity index (χ1n) is 6.42. The van der Waals surface area contributed by atoms with Crippen LogP contribution in [-0.4, -0.2) is 6.54 Å². The molecule has 0 aliphatic heterocycles. The molecule has 0 saturated heterocycles. The number of alkyl halides is 3. The van der Waals surface area contributed by atoms with Crippen molar-refractivity contribution in [3.8, 4) is 0 Å². The lowest BCUT2D eigenvalue weighted by Gasteiger charge is -2.13. The SMILES string of the molecule is CC.Cc1cc(CCCCN)cc(F)c1C(F)(F)F. The fourth-order valence-corrected chi connectivity index (χ4v) is 1.79. The van der Waals surface area contributed by atoms with Gasteiger partial charge in [-0.3, -0.25) is 0 Å². The molecule has 0 heterocycles. The van der Waals surface area contributed by atoms with Crippen LogP contribution < -0.4 is 5.73 Å². The van der Waals surface area contributed by atoms with Crippen molar-refractivity contribution < 1.29 is 17.6 Å². The lowest BCUT2D eigenvalue weighted by molar-refractivity contribution is -0.140. The van der Waals surface area contributed by atoms with Crippen molar-refractivity contribution in [2.24, 2.45) is 5.73 Å². The summed E-state index contributed by atoms with van der Waals surface area (Å²) in [6.45, 7) is 5.81. The smallest absolute Gasteiger partial charge is 0.330 e. The fourth-order valence-electron chi connectivity index (χ4n) is 1.79. The van der Waals surface area contributed by atoms with Gasteiger partial charge in [0.25, 0.3) is 0 Å². The Bertz CT molecular complexity index is 363. The van der Waals surface area contributed by atoms with Crippen LogP contribution in [0.15, 0.2) is 12.1 Å². The minimum atomic E-state index is -4.63. The molecule has 5 heteroatoms. The van der Waals surface area contributed by atoms with Gasteiger partial charge in [0.15, 0.2) is 0 Å². The molecule has 110 valence electrons. The highest BCUT2D eigenvalue weighted by Gasteiger charge is 2.35. The molecule has 2 N–H and O–H groups in total. The van der Waals surface area contributed by atoms with Crippen LogP contribution in [0, 0.1) is 12.7 Å². The number of benzene rings is 1. The third-order valence-corrected chi connectivity index (χ3v) is 2.55. The molecule has 0 unspecified atom stereocenters. The molecular weight excluding hydrogens is 258 g/mol. The molecule has 1 aromatic rings. The lowest BCUT2D eigenvalue weighted by atomic mass is 10.0. The molecule has 0 saturated carbocycles. The van der Waals surface area contributed by atoms with E-state index < -0.39 is 17.6 Å². The zero-order valence-electron chi connectivity index (χ0n) is 11.6. The highest BCUT2D eigenvalue weighted by Crippen LogP contribution is 2.34. The molecule has 0 aliphatic rings. The molecule has 0 radical (unpaired) electrons. The van der Waals surface area contributed by atoms with Crippen molar-refractivity contribution in [2.75, 3.05) is 6.54 Å². The van der Waals surface area contributed by atoms with Gasteiger partial charge in [0.1, 0.15) is 5.82 Å². The Hall–Kier alpha value is -1.10. The monoisotopic (exact) mass is 279 g/mol. The van der Waals surface area contributed by atoms with Crippen LogP contribution in [0.1, 0.15) is 43.4 Å². The third kappa shape index (κ3) is 5.59. The van der Waals surface area contributed by atoms with E-state index in [4.69, 9.17) is 5.73 Å². The molecule has 0 aliphatic carbocycles. The normalized spacial score (nSPS) is 10.9. The summed E-state index contributed by atoms with van der Waals surface area (Å²) in [6, 6.07) is 2.36. The Kier molecular flexibility index (Phi) is 7.68. The van der Waals surface area contributed by atoms with Crippen LogP contribution in [0.2, 0.25) is 0 Å². The first-order chi connectivity index (χ1) is 8.86. The van der Waals surface area contributed by atoms with Crippen LogP contribution >= 0.6 is 0 Å². The number of nitrogens with two attached hydrogens (primary N) is 1. The van der Waals surface area contributed by atoms with Crippen LogP contribution in [0.25, 0.3) is 0 Å². The molecule has 19 heavy (non-hydrogen) atoms. The lowest BCUT2D eigenvalue weighted by Crippen LogP contribution is -2.11. The minimum Gasteiger partial charge on any atom is -0.330 e. The maximum absolute atomic E-state index is 13.4. The number of unbranched alkanes of at least 4 members (excludes halogenated alkanes) is 1. The van der Waals surface area contributed by atoms with Crippen molar-refractivity contribution in [1.29, 1.82) is 0 Å². The molecule has 1 rings (SSSR count). The van der Waals surface area contributed by atoms with Crippen molar-refractivity contribution in [2.45, 2.75) is 46.2 Å². The quantitative estimate of drug-likeness (QED) is 0.639. The van der Waals surface area contributed by atoms with E-state index in [1.807, 2.05) is 13.8 Å². The summed E-state index contributed by atoms with van der Waals surface area (Å²) in [6.07, 6.45) is -2.56. The van der Waals surface area contributed by atoms with Crippen molar-refractivity contribution in [3.63, 3.8) is 0 Å². The van der Waals surface area contributed by atoms with E-state index in [1.54, 1.807) is 0 Å². The van der Waals surface area contributed by atoms with E-state index in [1.165, 1.54) is 13.0 Å². The van der Waals surface area contributed by atoms with E-state index in [2.05, 4.69) is 0 Å². The van der Waals surface area contributed by atoms with Gasteiger partial charge >= 0.3 is 6.18 Å². The molecule has 1 nitrogen and oxygen atoms in total. The highest BCUT2D eigenvalue weighted by atomic mass is 19.4. The topological polar surface area (TPSA) is 26.0 Å². The highest BCUT2D eigenvalue weighted by molar-refractivity contribution is 5.34. The van der Waals surface area contributed by atoms with Gasteiger partial charge in [0.2, 0.25) is 0 Å². The number of aryl methyl sites for hydroxylation is 2. The second-order valence-electron chi connectivity index (χ2n) is 4.01. The number of hydrogen-bond donors (Lipinski definition) is 1. The van der Waals surface area contributed by atoms with Crippen molar-refractivity contribution >= 4 is 0 Å². The van der Waals surface area contributed by atoms with Gasteiger partial charge in [0, 0.05) is 0 Å². The molecule has 0 aromatic heterocycles. The van der Waals surface area contributed by atoms with E-state index >= 15 is 0 Å². The summed E-state index contributed by atoms with van der Waals surface area (Å²) < 4.78 is 50.8. The Labute approximate surface area is 111 Å². The molecule has 0 fully saturated rings. The van der Waals surface area contributed by atoms with E-state index in [9.17, 15) is 17.6 Å². The third-order valence-electron chi connectivity index (χ3n) is 2.55. The average Bonchev–Trinajstić information content (AvgIpc) is 2.29. The van der Waals surface area contributed by atoms with Gasteiger partial charge in [-0.2, -0.15) is 13.2 Å². The van der Waals surface area contributed by atoms with Gasteiger partial charge in [-0.05, 0) is 49.9 Å². The molecule has 0 atom stereocenters. The van der Waals surface area contributed by atoms with Gasteiger partial charge < -0.3 is 5.73 Å². The summed E-state index contributed by atoms with van der Waals surface area (Å²) in [5, 5.41) is 0. The Morgan fingerprint density at radius 3 is 2.11 bits per heavy atom. The molecular formula is C14H21F4N. The standard InChI is InChI=1S/C12H15F4N.C2H6/c1-8-6-9(4-2-3-5-17)7-10(13)11(8)12(14,15)16;1-2/h6-7H,2-5,17H2,1H3;1-2H3. The summed E-state index contributed by atoms with van der Waals surface area (Å²) in [7, 11) is 0. The molecule has 1 aromatic carbocycles. The Morgan fingerprint density at radius 2 is 1.68 bits per heavy atom. The number of rotatable bonds is 4. The van der Waals surface area contributed by atoms with Crippen LogP contribution in [-0.2, 0) is 12.6 Å². The molecule has 0 bridgehead atoms. The molecule has 0 spiro atoms. The fraction of sp³-hybridized carbons (Fsp3) is 0.571. The predicted octanol–water partition coefficient (Wildman–Crippen LogP) is 4.46. The summed E-state index contributed by atoms with van der Waals surface area (Å²) in [4.78, 5) is 0. The first-order valence-corrected chi connectivity index (χ1v) is 6.42. The van der Waals surface area contributed by atoms with E-state index in [0.717, 1.165) is 18.9 Å². The number of halogens is 4. The average molecular weight is 279 g/mol. The summed E-state index contributed by atoms with van der Waals surface area (Å²) in [5.74, 6) is -1.19. The Morgan fingerprint density at radius 1 is 1.11 bits per heavy atom. The van der Waals surface area contributed by atoms with E-state index in [0.29, 0.717) is 18.5 Å². The second kappa shape index (κ2) is 8.15. The summed E-state index contributed by atoms with van der Waals surface area (Å²) in [5.41, 5.74) is 4.66. The first kappa shape index (κ1) is 17.9. The molecule has 0 amide bonds. The van der Waals surface area contributed by atoms with Crippen LogP contribution in [0.3, 0.4) is 0 Å². The zero-order valence-corrected chi connectivity index (χ0v) is 11.6. The largest absolute Gasteiger partial charge is 0.419 e. The van der Waals surface area contributed by atoms with Crippen molar-refractivity contribution in [1.82, 2.24) is 0 Å². The van der Waals surface area contributed by atoms with Gasteiger partial charge in [0.05, 0.1) is 5.56 Å². The van der Waals surface area contributed by atoms with Gasteiger partial charge in [-0.25, -0.2) is 4.39 Å².